The van der Waals surface area contributed by atoms with E-state index in [4.69, 9.17) is 5.21 Å². The number of rotatable bonds is 2. The van der Waals surface area contributed by atoms with E-state index in [9.17, 15) is 4.79 Å². The highest BCUT2D eigenvalue weighted by Crippen LogP contribution is 2.14. The molecule has 0 fully saturated rings. The monoisotopic (exact) mass is 214 g/mol. The van der Waals surface area contributed by atoms with Gasteiger partial charge in [0.15, 0.2) is 0 Å². The molecule has 2 aromatic carbocycles. The first-order chi connectivity index (χ1) is 7.79. The van der Waals surface area contributed by atoms with Crippen molar-refractivity contribution in [3.05, 3.63) is 66.2 Å². The van der Waals surface area contributed by atoms with Crippen LogP contribution < -0.4 is 5.06 Å². The topological polar surface area (TPSA) is 43.2 Å². The van der Waals surface area contributed by atoms with E-state index in [2.05, 4.69) is 0 Å². The summed E-state index contributed by atoms with van der Waals surface area (Å²) in [5, 5.41) is 8.64. The first kappa shape index (κ1) is 10.4. The molecule has 3 nitrogen and oxygen atoms in total. The van der Waals surface area contributed by atoms with Crippen LogP contribution in [-0.2, 0) is 0 Å². The van der Waals surface area contributed by atoms with Gasteiger partial charge in [0.2, 0.25) is 0 Å². The molecular weight excluding hydrogens is 202 g/mol. The first-order valence-corrected chi connectivity index (χ1v) is 4.95. The van der Waals surface area contributed by atoms with Crippen molar-refractivity contribution in [3.8, 4) is 0 Å². The second-order valence-corrected chi connectivity index (χ2v) is 3.34. The minimum atomic E-state index is -0.327. The molecule has 1 amide bonds. The average molecular weight is 214 g/mol. The average Bonchev–Trinajstić information content (AvgIpc) is 2.39. The van der Waals surface area contributed by atoms with E-state index in [0.717, 1.165) is 5.06 Å². The van der Waals surface area contributed by atoms with Gasteiger partial charge in [-0.3, -0.25) is 4.79 Å². The number of benzene rings is 2. The molecule has 0 spiro atoms. The Hall–Kier alpha value is -2.13. The number of para-hydroxylation sites is 1. The summed E-state index contributed by atoms with van der Waals surface area (Å²) in [5.41, 5.74) is 1.08. The van der Waals surface area contributed by atoms with Gasteiger partial charge in [-0.1, -0.05) is 41.5 Å². The smallest absolute Gasteiger partial charge is 0.303 e. The highest BCUT2D eigenvalue weighted by atomic mass is 16.5. The minimum absolute atomic E-state index is 0.327. The predicted molar refractivity (Wildman–Crippen MR) is 63.3 cm³/mol. The Morgan fingerprint density at radius 2 is 1.38 bits per heavy atom. The summed E-state index contributed by atoms with van der Waals surface area (Å²) in [6, 6.07) is 17.7. The molecule has 0 saturated heterocycles. The Kier molecular flexibility index (Phi) is 2.98. The number of anilines is 1. The molecule has 2 rings (SSSR count). The number of carbonyl (C=O) groups excluding carboxylic acids is 1. The van der Waals surface area contributed by atoms with Crippen molar-refractivity contribution in [1.82, 2.24) is 0 Å². The van der Waals surface area contributed by atoms with Crippen molar-refractivity contribution in [2.45, 2.75) is 0 Å². The molecule has 0 heterocycles. The number of nitrogens with zero attached hydrogens (tertiary/aromatic N) is 1. The predicted octanol–water partition coefficient (Wildman–Crippen LogP) is 1.97. The van der Waals surface area contributed by atoms with Crippen LogP contribution in [0, 0.1) is 0 Å². The third-order valence-corrected chi connectivity index (χ3v) is 2.24. The van der Waals surface area contributed by atoms with Crippen LogP contribution in [0.2, 0.25) is 0 Å². The van der Waals surface area contributed by atoms with Crippen LogP contribution in [-0.4, -0.2) is 11.1 Å². The van der Waals surface area contributed by atoms with Crippen LogP contribution in [0.15, 0.2) is 60.7 Å². The third-order valence-electron chi connectivity index (χ3n) is 2.24. The molecule has 0 aliphatic carbocycles. The van der Waals surface area contributed by atoms with E-state index >= 15 is 0 Å². The fraction of sp³-hybridized carbons (Fsp3) is 0. The second-order valence-electron chi connectivity index (χ2n) is 3.34. The molecular formula is C13H12NO2+. The molecule has 0 radical (unpaired) electrons. The maximum absolute atomic E-state index is 11.9. The summed E-state index contributed by atoms with van der Waals surface area (Å²) in [6.07, 6.45) is 0. The molecule has 0 saturated carbocycles. The molecule has 0 aliphatic rings. The van der Waals surface area contributed by atoms with Crippen molar-refractivity contribution in [2.24, 2.45) is 0 Å². The molecule has 3 heteroatoms. The summed E-state index contributed by atoms with van der Waals surface area (Å²) in [7, 11) is 0. The lowest BCUT2D eigenvalue weighted by Gasteiger charge is -2.09. The summed E-state index contributed by atoms with van der Waals surface area (Å²) in [6.45, 7) is 0. The van der Waals surface area contributed by atoms with Gasteiger partial charge in [-0.05, 0) is 24.3 Å². The molecule has 0 aliphatic heterocycles. The van der Waals surface area contributed by atoms with Gasteiger partial charge >= 0.3 is 5.91 Å². The van der Waals surface area contributed by atoms with Gasteiger partial charge in [0, 0.05) is 5.56 Å². The molecule has 2 N–H and O–H groups in total. The van der Waals surface area contributed by atoms with E-state index in [1.54, 1.807) is 48.5 Å². The molecule has 0 bridgehead atoms. The maximum atomic E-state index is 11.9. The lowest BCUT2D eigenvalue weighted by atomic mass is 10.2. The fourth-order valence-corrected chi connectivity index (χ4v) is 1.40. The van der Waals surface area contributed by atoms with E-state index < -0.39 is 0 Å². The maximum Gasteiger partial charge on any atom is 0.323 e. The lowest BCUT2D eigenvalue weighted by Crippen LogP contribution is -2.26. The van der Waals surface area contributed by atoms with E-state index in [1.807, 2.05) is 12.1 Å². The number of hydroxylamine groups is 1. The van der Waals surface area contributed by atoms with Gasteiger partial charge < -0.3 is 5.21 Å². The van der Waals surface area contributed by atoms with Gasteiger partial charge in [-0.25, -0.2) is 0 Å². The van der Waals surface area contributed by atoms with Crippen LogP contribution in [0.25, 0.3) is 0 Å². The number of hydrogen-bond acceptors (Lipinski definition) is 1. The van der Waals surface area contributed by atoms with Gasteiger partial charge in [0.25, 0.3) is 0 Å². The summed E-state index contributed by atoms with van der Waals surface area (Å²) < 4.78 is 0. The van der Waals surface area contributed by atoms with Gasteiger partial charge in [-0.2, -0.15) is 0 Å². The molecule has 0 atom stereocenters. The zero-order chi connectivity index (χ0) is 11.4. The van der Waals surface area contributed by atoms with Crippen molar-refractivity contribution in [3.63, 3.8) is 0 Å². The highest BCUT2D eigenvalue weighted by Gasteiger charge is 2.18. The second kappa shape index (κ2) is 4.59. The Labute approximate surface area is 93.5 Å². The highest BCUT2D eigenvalue weighted by molar-refractivity contribution is 6.04. The van der Waals surface area contributed by atoms with Crippen molar-refractivity contribution in [2.75, 3.05) is 5.06 Å². The Morgan fingerprint density at radius 1 is 0.875 bits per heavy atom. The molecule has 0 unspecified atom stereocenters. The third kappa shape index (κ3) is 2.10. The van der Waals surface area contributed by atoms with E-state index in [0.29, 0.717) is 11.3 Å². The quantitative estimate of drug-likeness (QED) is 0.556. The summed E-state index contributed by atoms with van der Waals surface area (Å²) in [4.78, 5) is 11.9. The lowest BCUT2D eigenvalue weighted by molar-refractivity contribution is 0.0855. The van der Waals surface area contributed by atoms with Crippen molar-refractivity contribution < 1.29 is 10.0 Å². The zero-order valence-corrected chi connectivity index (χ0v) is 8.63. The standard InChI is InChI=1S/C13H11NO2/c15-13(11-7-3-1-4-8-11)14(16)12-9-5-2-6-10-12/h1-10,16H/p+1. The fourth-order valence-electron chi connectivity index (χ4n) is 1.40. The van der Waals surface area contributed by atoms with Gasteiger partial charge in [-0.15, -0.1) is 0 Å². The van der Waals surface area contributed by atoms with Crippen LogP contribution in [0.5, 0.6) is 0 Å². The largest absolute Gasteiger partial charge is 0.323 e. The Bertz CT molecular complexity index is 468. The number of amides is 1. The summed E-state index contributed by atoms with van der Waals surface area (Å²) >= 11 is 0. The van der Waals surface area contributed by atoms with Crippen molar-refractivity contribution in [1.29, 1.82) is 0 Å². The van der Waals surface area contributed by atoms with Crippen LogP contribution in [0.1, 0.15) is 10.4 Å². The number of carbonyl (C=O) groups is 1. The van der Waals surface area contributed by atoms with Crippen LogP contribution in [0.3, 0.4) is 0 Å². The Morgan fingerprint density at radius 3 is 1.94 bits per heavy atom. The van der Waals surface area contributed by atoms with Crippen molar-refractivity contribution >= 4 is 11.6 Å². The van der Waals surface area contributed by atoms with Gasteiger partial charge in [0.1, 0.15) is 5.69 Å². The van der Waals surface area contributed by atoms with Crippen LogP contribution >= 0.6 is 0 Å². The summed E-state index contributed by atoms with van der Waals surface area (Å²) in [5.74, 6) is -0.327. The van der Waals surface area contributed by atoms with Crippen LogP contribution in [0.4, 0.5) is 5.69 Å². The Balaban J connectivity index is 2.24. The van der Waals surface area contributed by atoms with E-state index in [1.165, 1.54) is 0 Å². The molecule has 16 heavy (non-hydrogen) atoms. The number of hydrogen-bond donors (Lipinski definition) is 0. The molecule has 0 aromatic heterocycles. The molecule has 2 aromatic rings. The SMILES string of the molecule is O=C(c1ccccc1)N([OH2+])c1ccccc1. The molecule has 80 valence electrons. The van der Waals surface area contributed by atoms with Gasteiger partial charge in [0.05, 0.1) is 0 Å². The van der Waals surface area contributed by atoms with E-state index in [-0.39, 0.29) is 5.91 Å². The minimum Gasteiger partial charge on any atom is -0.303 e. The first-order valence-electron chi connectivity index (χ1n) is 4.95. The normalized spacial score (nSPS) is 9.81. The zero-order valence-electron chi connectivity index (χ0n) is 8.63.